The maximum absolute atomic E-state index is 5.55. The summed E-state index contributed by atoms with van der Waals surface area (Å²) in [4.78, 5) is 15.7. The molecule has 0 saturated carbocycles. The Kier molecular flexibility index (Phi) is 10.1. The summed E-state index contributed by atoms with van der Waals surface area (Å²) in [6.45, 7) is 2.19. The summed E-state index contributed by atoms with van der Waals surface area (Å²) in [5.41, 5.74) is 15.7. The van der Waals surface area contributed by atoms with Crippen molar-refractivity contribution in [2.75, 3.05) is 0 Å². The fourth-order valence-electron chi connectivity index (χ4n) is 7.51. The molecule has 0 fully saturated rings. The van der Waals surface area contributed by atoms with Crippen LogP contribution >= 0.6 is 0 Å². The lowest BCUT2D eigenvalue weighted by molar-refractivity contribution is 0.807. The van der Waals surface area contributed by atoms with E-state index in [4.69, 9.17) is 9.97 Å². The Morgan fingerprint density at radius 1 is 0.404 bits per heavy atom. The van der Waals surface area contributed by atoms with E-state index in [-0.39, 0.29) is 0 Å². The smallest absolute Gasteiger partial charge is 0.160 e. The minimum absolute atomic E-state index is 0.406. The van der Waals surface area contributed by atoms with Gasteiger partial charge in [0.2, 0.25) is 0 Å². The molecule has 1 unspecified atom stereocenters. The average Bonchev–Trinajstić information content (AvgIpc) is 3.28. The molecule has 3 nitrogen and oxygen atoms in total. The molecule has 1 aliphatic rings. The van der Waals surface area contributed by atoms with Crippen molar-refractivity contribution in [2.24, 2.45) is 10.9 Å². The Morgan fingerprint density at radius 3 is 1.33 bits per heavy atom. The van der Waals surface area contributed by atoms with Gasteiger partial charge in [0.1, 0.15) is 0 Å². The molecule has 2 heterocycles. The van der Waals surface area contributed by atoms with Crippen molar-refractivity contribution in [1.82, 2.24) is 9.97 Å². The Hall–Kier alpha value is -7.23. The van der Waals surface area contributed by atoms with Gasteiger partial charge in [-0.25, -0.2) is 9.97 Å². The lowest BCUT2D eigenvalue weighted by atomic mass is 9.90. The zero-order valence-corrected chi connectivity index (χ0v) is 31.8. The fraction of sp³-hybridized carbons (Fsp3) is 0.0556. The molecular formula is C54H41N3. The monoisotopic (exact) mass is 731 g/mol. The third-order valence-electron chi connectivity index (χ3n) is 10.5. The standard InChI is InChI=1S/C54H41N3/c1-38-16-11-31-50(37-55-36-38)45-26-15-30-49(35-45)54-56-52(47-28-13-24-43(33-47)40-19-7-3-8-20-40)51(46-27-12-23-42(32-46)39-17-5-2-6-18-39)53(57-54)48-29-14-25-44(34-48)41-21-9-4-10-22-41/h2-15,17-38H,16H2,1H3. The van der Waals surface area contributed by atoms with Crippen molar-refractivity contribution in [1.29, 1.82) is 0 Å². The van der Waals surface area contributed by atoms with Gasteiger partial charge in [-0.05, 0) is 86.7 Å². The van der Waals surface area contributed by atoms with Gasteiger partial charge < -0.3 is 0 Å². The first-order valence-electron chi connectivity index (χ1n) is 19.6. The van der Waals surface area contributed by atoms with Crippen molar-refractivity contribution < 1.29 is 0 Å². The summed E-state index contributed by atoms with van der Waals surface area (Å²) in [6.07, 6.45) is 9.34. The Balaban J connectivity index is 1.31. The minimum Gasteiger partial charge on any atom is -0.268 e. The van der Waals surface area contributed by atoms with Crippen LogP contribution in [0.1, 0.15) is 18.9 Å². The highest BCUT2D eigenvalue weighted by atomic mass is 14.9. The SMILES string of the molecule is CC1C=NC=C(c2cccc(-c3nc(-c4cccc(-c5ccccc5)c4)c(-c4cccc(-c5ccccc5)c4)c(-c4cccc(-c5ccccc5)c4)n3)c2)C=CC1. The number of benzene rings is 7. The van der Waals surface area contributed by atoms with Crippen LogP contribution in [0.3, 0.4) is 0 Å². The van der Waals surface area contributed by atoms with Crippen molar-refractivity contribution in [3.05, 3.63) is 212 Å². The van der Waals surface area contributed by atoms with Crippen LogP contribution in [0.2, 0.25) is 0 Å². The molecular weight excluding hydrogens is 691 g/mol. The van der Waals surface area contributed by atoms with Crippen molar-refractivity contribution in [3.8, 4) is 78.4 Å². The highest BCUT2D eigenvalue weighted by Crippen LogP contribution is 2.42. The number of nitrogens with zero attached hydrogens (tertiary/aromatic N) is 3. The number of aromatic nitrogens is 2. The normalized spacial score (nSPS) is 13.8. The molecule has 0 N–H and O–H groups in total. The summed E-state index contributed by atoms with van der Waals surface area (Å²) in [5, 5.41) is 0. The van der Waals surface area contributed by atoms with Gasteiger partial charge >= 0.3 is 0 Å². The van der Waals surface area contributed by atoms with E-state index in [1.807, 2.05) is 12.4 Å². The van der Waals surface area contributed by atoms with Gasteiger partial charge in [0, 0.05) is 34.7 Å². The second-order valence-corrected chi connectivity index (χ2v) is 14.5. The Bertz CT molecular complexity index is 2660. The number of hydrogen-bond acceptors (Lipinski definition) is 3. The predicted molar refractivity (Wildman–Crippen MR) is 239 cm³/mol. The molecule has 0 aliphatic carbocycles. The van der Waals surface area contributed by atoms with Gasteiger partial charge in [0.15, 0.2) is 5.82 Å². The van der Waals surface area contributed by atoms with Gasteiger partial charge in [-0.2, -0.15) is 0 Å². The third-order valence-corrected chi connectivity index (χ3v) is 10.5. The first-order valence-corrected chi connectivity index (χ1v) is 19.6. The van der Waals surface area contributed by atoms with Gasteiger partial charge in [0.25, 0.3) is 0 Å². The average molecular weight is 732 g/mol. The number of allylic oxidation sites excluding steroid dienone is 3. The van der Waals surface area contributed by atoms with E-state index in [0.29, 0.717) is 11.7 Å². The van der Waals surface area contributed by atoms with Crippen molar-refractivity contribution in [3.63, 3.8) is 0 Å². The maximum atomic E-state index is 5.55. The second kappa shape index (κ2) is 16.2. The molecule has 7 aromatic carbocycles. The third kappa shape index (κ3) is 7.82. The number of hydrogen-bond donors (Lipinski definition) is 0. The Morgan fingerprint density at radius 2 is 0.807 bits per heavy atom. The van der Waals surface area contributed by atoms with Gasteiger partial charge in [-0.15, -0.1) is 0 Å². The number of rotatable bonds is 8. The minimum atomic E-state index is 0.406. The molecule has 1 aliphatic heterocycles. The molecule has 0 bridgehead atoms. The van der Waals surface area contributed by atoms with Crippen LogP contribution in [0, 0.1) is 5.92 Å². The molecule has 8 aromatic rings. The van der Waals surface area contributed by atoms with E-state index in [9.17, 15) is 0 Å². The van der Waals surface area contributed by atoms with E-state index in [0.717, 1.165) is 90.1 Å². The van der Waals surface area contributed by atoms with Crippen LogP contribution in [0.25, 0.3) is 84.0 Å². The van der Waals surface area contributed by atoms with Crippen LogP contribution in [0.15, 0.2) is 211 Å². The molecule has 3 heteroatoms. The molecule has 0 saturated heterocycles. The highest BCUT2D eigenvalue weighted by molar-refractivity contribution is 5.95. The van der Waals surface area contributed by atoms with Gasteiger partial charge in [0.05, 0.1) is 11.4 Å². The lowest BCUT2D eigenvalue weighted by Gasteiger charge is -2.19. The molecule has 0 amide bonds. The van der Waals surface area contributed by atoms with Crippen LogP contribution < -0.4 is 0 Å². The zero-order valence-electron chi connectivity index (χ0n) is 31.8. The van der Waals surface area contributed by atoms with E-state index >= 15 is 0 Å². The summed E-state index contributed by atoms with van der Waals surface area (Å²) in [5.74, 6) is 1.07. The van der Waals surface area contributed by atoms with E-state index in [2.05, 4.69) is 212 Å². The van der Waals surface area contributed by atoms with E-state index in [1.54, 1.807) is 0 Å². The molecule has 272 valence electrons. The lowest BCUT2D eigenvalue weighted by Crippen LogP contribution is -2.02. The second-order valence-electron chi connectivity index (χ2n) is 14.5. The van der Waals surface area contributed by atoms with Crippen LogP contribution in [-0.2, 0) is 0 Å². The predicted octanol–water partition coefficient (Wildman–Crippen LogP) is 14.2. The van der Waals surface area contributed by atoms with E-state index in [1.165, 1.54) is 0 Å². The Labute approximate surface area is 335 Å². The molecule has 1 atom stereocenters. The first kappa shape index (κ1) is 35.5. The zero-order chi connectivity index (χ0) is 38.4. The van der Waals surface area contributed by atoms with Crippen LogP contribution in [0.4, 0.5) is 0 Å². The van der Waals surface area contributed by atoms with E-state index < -0.39 is 0 Å². The topological polar surface area (TPSA) is 38.1 Å². The maximum Gasteiger partial charge on any atom is 0.160 e. The summed E-state index contributed by atoms with van der Waals surface area (Å²) >= 11 is 0. The quantitative estimate of drug-likeness (QED) is 0.156. The van der Waals surface area contributed by atoms with Crippen molar-refractivity contribution in [2.45, 2.75) is 13.3 Å². The molecule has 9 rings (SSSR count). The summed E-state index contributed by atoms with van der Waals surface area (Å²) in [6, 6.07) is 66.4. The molecule has 57 heavy (non-hydrogen) atoms. The van der Waals surface area contributed by atoms with Crippen LogP contribution in [0.5, 0.6) is 0 Å². The number of aliphatic imine (C=N–C) groups is 1. The largest absolute Gasteiger partial charge is 0.268 e. The van der Waals surface area contributed by atoms with Gasteiger partial charge in [-0.3, -0.25) is 4.99 Å². The fourth-order valence-corrected chi connectivity index (χ4v) is 7.51. The molecule has 0 spiro atoms. The first-order chi connectivity index (χ1) is 28.2. The summed E-state index contributed by atoms with van der Waals surface area (Å²) in [7, 11) is 0. The summed E-state index contributed by atoms with van der Waals surface area (Å²) < 4.78 is 0. The van der Waals surface area contributed by atoms with Crippen molar-refractivity contribution >= 4 is 11.8 Å². The molecule has 1 aromatic heterocycles. The highest BCUT2D eigenvalue weighted by Gasteiger charge is 2.22. The van der Waals surface area contributed by atoms with Crippen LogP contribution in [-0.4, -0.2) is 16.2 Å². The molecule has 0 radical (unpaired) electrons. The van der Waals surface area contributed by atoms with Gasteiger partial charge in [-0.1, -0.05) is 183 Å².